The zero-order valence-electron chi connectivity index (χ0n) is 28.8. The van der Waals surface area contributed by atoms with Crippen LogP contribution in [0.5, 0.6) is 0 Å². The van der Waals surface area contributed by atoms with Crippen LogP contribution < -0.4 is 10.6 Å². The van der Waals surface area contributed by atoms with E-state index in [1.54, 1.807) is 36.4 Å². The minimum Gasteiger partial charge on any atom is -0.359 e. The van der Waals surface area contributed by atoms with Crippen molar-refractivity contribution < 1.29 is 9.59 Å². The van der Waals surface area contributed by atoms with Gasteiger partial charge in [-0.2, -0.15) is 0 Å². The van der Waals surface area contributed by atoms with Crippen LogP contribution >= 0.6 is 0 Å². The number of hydrogen-bond donors (Lipinski definition) is 2. The van der Waals surface area contributed by atoms with Crippen molar-refractivity contribution in [2.75, 3.05) is 10.6 Å². The van der Waals surface area contributed by atoms with Crippen molar-refractivity contribution in [2.45, 2.75) is 118 Å². The molecule has 0 amide bonds. The molecule has 2 N–H and O–H groups in total. The van der Waals surface area contributed by atoms with Gasteiger partial charge >= 0.3 is 0 Å². The molecule has 0 saturated carbocycles. The molecule has 0 aliphatic rings. The van der Waals surface area contributed by atoms with Crippen LogP contribution in [0, 0.1) is 0 Å². The second-order valence-electron chi connectivity index (χ2n) is 12.6. The molecule has 3 aromatic rings. The molecule has 0 fully saturated rings. The number of benzene rings is 3. The zero-order valence-corrected chi connectivity index (χ0v) is 28.8. The lowest BCUT2D eigenvalue weighted by Crippen LogP contribution is -2.09. The fraction of sp³-hybridized carbons (Fsp3) is 0.429. The van der Waals surface area contributed by atoms with E-state index in [0.29, 0.717) is 11.1 Å². The highest BCUT2D eigenvalue weighted by Gasteiger charge is 2.14. The average molecular weight is 621 g/mol. The molecule has 0 atom stereocenters. The summed E-state index contributed by atoms with van der Waals surface area (Å²) in [5.74, 6) is -0.401. The van der Waals surface area contributed by atoms with E-state index in [-0.39, 0.29) is 11.6 Å². The smallest absolute Gasteiger partial charge is 0.188 e. The summed E-state index contributed by atoms with van der Waals surface area (Å²) < 4.78 is 0. The Labute approximate surface area is 278 Å². The van der Waals surface area contributed by atoms with Gasteiger partial charge in [0.15, 0.2) is 11.6 Å². The molecule has 0 bridgehead atoms. The van der Waals surface area contributed by atoms with Gasteiger partial charge in [0.25, 0.3) is 0 Å². The van der Waals surface area contributed by atoms with E-state index in [0.717, 1.165) is 35.6 Å². The Morgan fingerprint density at radius 1 is 0.500 bits per heavy atom. The molecule has 4 nitrogen and oxygen atoms in total. The Balaban J connectivity index is 1.53. The van der Waals surface area contributed by atoms with Gasteiger partial charge in [-0.05, 0) is 74.9 Å². The van der Waals surface area contributed by atoms with Crippen molar-refractivity contribution in [1.29, 1.82) is 0 Å². The molecule has 3 aromatic carbocycles. The molecule has 0 radical (unpaired) electrons. The molecule has 3 rings (SSSR count). The largest absolute Gasteiger partial charge is 0.359 e. The van der Waals surface area contributed by atoms with Gasteiger partial charge in [0.1, 0.15) is 0 Å². The maximum Gasteiger partial charge on any atom is 0.188 e. The van der Waals surface area contributed by atoms with Crippen LogP contribution in [-0.4, -0.2) is 11.6 Å². The molecule has 0 unspecified atom stereocenters. The summed E-state index contributed by atoms with van der Waals surface area (Å²) in [5, 5.41) is 6.65. The fourth-order valence-corrected chi connectivity index (χ4v) is 5.72. The standard InChI is InChI=1S/C42H56N2O2/c1-5-7-9-11-13-15-19-35-23-27-37(28-24-35)43-33(3)31-41(45)39-21-17-18-22-40(39)42(46)32-34(4)44-38-29-25-36(26-30-38)20-16-14-12-10-8-6-2/h17-18,21-32,43-44H,5-16,19-20H2,1-4H3. The monoisotopic (exact) mass is 620 g/mol. The molecule has 0 saturated heterocycles. The lowest BCUT2D eigenvalue weighted by Gasteiger charge is -2.10. The van der Waals surface area contributed by atoms with E-state index in [2.05, 4.69) is 73.0 Å². The summed E-state index contributed by atoms with van der Waals surface area (Å²) in [6, 6.07) is 23.9. The van der Waals surface area contributed by atoms with E-state index in [1.807, 2.05) is 13.8 Å². The summed E-state index contributed by atoms with van der Waals surface area (Å²) in [6.45, 7) is 8.25. The molecule has 46 heavy (non-hydrogen) atoms. The molecule has 0 aliphatic heterocycles. The Hall–Kier alpha value is -3.92. The summed E-state index contributed by atoms with van der Waals surface area (Å²) in [4.78, 5) is 26.6. The van der Waals surface area contributed by atoms with E-state index in [1.165, 1.54) is 88.2 Å². The van der Waals surface area contributed by atoms with Gasteiger partial charge in [-0.15, -0.1) is 0 Å². The predicted octanol–water partition coefficient (Wildman–Crippen LogP) is 11.9. The summed E-state index contributed by atoms with van der Waals surface area (Å²) in [6.07, 6.45) is 20.9. The van der Waals surface area contributed by atoms with Gasteiger partial charge in [-0.1, -0.05) is 127 Å². The third-order valence-corrected chi connectivity index (χ3v) is 8.38. The number of carbonyl (C=O) groups excluding carboxylic acids is 2. The van der Waals surface area contributed by atoms with Crippen LogP contribution in [-0.2, 0) is 12.8 Å². The van der Waals surface area contributed by atoms with Crippen LogP contribution in [0.3, 0.4) is 0 Å². The highest BCUT2D eigenvalue weighted by atomic mass is 16.1. The third kappa shape index (κ3) is 13.6. The van der Waals surface area contributed by atoms with Crippen molar-refractivity contribution in [3.8, 4) is 0 Å². The number of hydrogen-bond acceptors (Lipinski definition) is 4. The topological polar surface area (TPSA) is 58.2 Å². The number of allylic oxidation sites excluding steroid dienone is 4. The second-order valence-corrected chi connectivity index (χ2v) is 12.6. The zero-order chi connectivity index (χ0) is 33.0. The van der Waals surface area contributed by atoms with Gasteiger partial charge < -0.3 is 10.6 Å². The first-order valence-electron chi connectivity index (χ1n) is 17.7. The molecule has 0 aromatic heterocycles. The Kier molecular flexibility index (Phi) is 16.7. The second kappa shape index (κ2) is 21.0. The predicted molar refractivity (Wildman–Crippen MR) is 197 cm³/mol. The Morgan fingerprint density at radius 3 is 1.22 bits per heavy atom. The molecule has 0 heterocycles. The summed E-state index contributed by atoms with van der Waals surface area (Å²) in [5.41, 5.74) is 6.80. The van der Waals surface area contributed by atoms with Gasteiger partial charge in [-0.25, -0.2) is 0 Å². The maximum absolute atomic E-state index is 13.3. The molecular weight excluding hydrogens is 564 g/mol. The van der Waals surface area contributed by atoms with Crippen molar-refractivity contribution in [3.05, 3.63) is 119 Å². The lowest BCUT2D eigenvalue weighted by atomic mass is 9.99. The lowest BCUT2D eigenvalue weighted by molar-refractivity contribution is 0.101. The highest BCUT2D eigenvalue weighted by Crippen LogP contribution is 2.19. The number of carbonyl (C=O) groups is 2. The number of aryl methyl sites for hydroxylation is 2. The van der Waals surface area contributed by atoms with Crippen molar-refractivity contribution in [2.24, 2.45) is 0 Å². The van der Waals surface area contributed by atoms with E-state index in [4.69, 9.17) is 0 Å². The summed E-state index contributed by atoms with van der Waals surface area (Å²) >= 11 is 0. The minimum absolute atomic E-state index is 0.200. The van der Waals surface area contributed by atoms with Crippen molar-refractivity contribution in [3.63, 3.8) is 0 Å². The summed E-state index contributed by atoms with van der Waals surface area (Å²) in [7, 11) is 0. The van der Waals surface area contributed by atoms with Crippen LogP contribution in [0.25, 0.3) is 0 Å². The molecular formula is C42H56N2O2. The number of unbranched alkanes of at least 4 members (excludes halogenated alkanes) is 10. The first kappa shape index (κ1) is 36.5. The van der Waals surface area contributed by atoms with E-state index in [9.17, 15) is 9.59 Å². The van der Waals surface area contributed by atoms with Gasteiger partial charge in [0, 0.05) is 46.0 Å². The highest BCUT2D eigenvalue weighted by molar-refractivity contribution is 6.16. The van der Waals surface area contributed by atoms with Crippen molar-refractivity contribution in [1.82, 2.24) is 0 Å². The maximum atomic E-state index is 13.3. The van der Waals surface area contributed by atoms with Gasteiger partial charge in [0.05, 0.1) is 0 Å². The normalized spacial score (nSPS) is 11.8. The average Bonchev–Trinajstić information content (AvgIpc) is 3.05. The number of rotatable bonds is 22. The number of ketones is 2. The molecule has 0 aliphatic carbocycles. The van der Waals surface area contributed by atoms with E-state index >= 15 is 0 Å². The Morgan fingerprint density at radius 2 is 0.848 bits per heavy atom. The van der Waals surface area contributed by atoms with Crippen molar-refractivity contribution >= 4 is 22.9 Å². The van der Waals surface area contributed by atoms with Crippen LogP contribution in [0.1, 0.15) is 137 Å². The Bertz CT molecular complexity index is 1290. The van der Waals surface area contributed by atoms with Crippen LogP contribution in [0.4, 0.5) is 11.4 Å². The SMILES string of the molecule is CCCCCCCCc1ccc(NC(C)=CC(=O)c2ccccc2C(=O)C=C(C)Nc2ccc(CCCCCCCC)cc2)cc1. The van der Waals surface area contributed by atoms with Crippen LogP contribution in [0.2, 0.25) is 0 Å². The van der Waals surface area contributed by atoms with E-state index < -0.39 is 0 Å². The van der Waals surface area contributed by atoms with Gasteiger partial charge in [-0.3, -0.25) is 9.59 Å². The first-order chi connectivity index (χ1) is 22.4. The third-order valence-electron chi connectivity index (χ3n) is 8.38. The number of anilines is 2. The quantitative estimate of drug-likeness (QED) is 0.0666. The molecule has 4 heteroatoms. The molecule has 246 valence electrons. The molecule has 0 spiro atoms. The first-order valence-corrected chi connectivity index (χ1v) is 17.7. The minimum atomic E-state index is -0.200. The van der Waals surface area contributed by atoms with Gasteiger partial charge in [0.2, 0.25) is 0 Å². The number of nitrogens with one attached hydrogen (secondary N) is 2. The van der Waals surface area contributed by atoms with Crippen LogP contribution in [0.15, 0.2) is 96.3 Å². The fourth-order valence-electron chi connectivity index (χ4n) is 5.72.